The van der Waals surface area contributed by atoms with Crippen molar-refractivity contribution in [1.82, 2.24) is 9.88 Å². The molecule has 4 heteroatoms. The minimum Gasteiger partial charge on any atom is -0.357 e. The highest BCUT2D eigenvalue weighted by atomic mass is 32.2. The Labute approximate surface area is 160 Å². The van der Waals surface area contributed by atoms with Crippen molar-refractivity contribution in [3.63, 3.8) is 0 Å². The first kappa shape index (κ1) is 17.8. The van der Waals surface area contributed by atoms with Crippen molar-refractivity contribution in [2.24, 2.45) is 5.92 Å². The lowest BCUT2D eigenvalue weighted by Gasteiger charge is -2.47. The second-order valence-electron chi connectivity index (χ2n) is 7.71. The van der Waals surface area contributed by atoms with Gasteiger partial charge in [-0.15, -0.1) is 0 Å². The molecule has 1 aliphatic heterocycles. The predicted octanol–water partition coefficient (Wildman–Crippen LogP) is 5.13. The standard InChI is InChI=1S/C21H30N2S2/c1-4-8-23-11-14(12-24-2)9-16-15-6-5-7-18-21(15)17(10-20(16)23)19(22-18)13-25-3/h5-7,14,16,20,22H,4,8-13H2,1-3H3/t14-,16-,20-/m1/s1. The van der Waals surface area contributed by atoms with Gasteiger partial charge in [0.2, 0.25) is 0 Å². The molecule has 2 aromatic rings. The third-order valence-electron chi connectivity index (χ3n) is 6.08. The highest BCUT2D eigenvalue weighted by molar-refractivity contribution is 7.98. The number of thioether (sulfide) groups is 2. The minimum absolute atomic E-state index is 0.701. The Morgan fingerprint density at radius 2 is 2.12 bits per heavy atom. The summed E-state index contributed by atoms with van der Waals surface area (Å²) in [6.07, 6.45) is 8.34. The average Bonchev–Trinajstić information content (AvgIpc) is 2.96. The van der Waals surface area contributed by atoms with E-state index in [2.05, 4.69) is 47.5 Å². The number of hydrogen-bond donors (Lipinski definition) is 1. The summed E-state index contributed by atoms with van der Waals surface area (Å²) in [4.78, 5) is 6.57. The van der Waals surface area contributed by atoms with Gasteiger partial charge in [-0.25, -0.2) is 0 Å². The molecule has 3 atom stereocenters. The normalized spacial score (nSPS) is 26.1. The van der Waals surface area contributed by atoms with Crippen LogP contribution in [0.5, 0.6) is 0 Å². The van der Waals surface area contributed by atoms with E-state index in [1.54, 1.807) is 16.5 Å². The van der Waals surface area contributed by atoms with E-state index in [0.29, 0.717) is 12.0 Å². The van der Waals surface area contributed by atoms with E-state index < -0.39 is 0 Å². The number of rotatable bonds is 6. The van der Waals surface area contributed by atoms with Crippen LogP contribution in [0.3, 0.4) is 0 Å². The third-order valence-corrected chi connectivity index (χ3v) is 7.46. The summed E-state index contributed by atoms with van der Waals surface area (Å²) in [5, 5.41) is 1.56. The Hall–Kier alpha value is -0.580. The van der Waals surface area contributed by atoms with Gasteiger partial charge in [0.15, 0.2) is 0 Å². The highest BCUT2D eigenvalue weighted by Gasteiger charge is 2.40. The number of likely N-dealkylation sites (tertiary alicyclic amines) is 1. The largest absolute Gasteiger partial charge is 0.357 e. The Morgan fingerprint density at radius 3 is 2.88 bits per heavy atom. The molecule has 0 saturated carbocycles. The lowest BCUT2D eigenvalue weighted by Crippen LogP contribution is -2.50. The number of aromatic amines is 1. The molecule has 0 spiro atoms. The monoisotopic (exact) mass is 374 g/mol. The molecule has 0 bridgehead atoms. The number of H-pyrrole nitrogens is 1. The maximum absolute atomic E-state index is 3.75. The van der Waals surface area contributed by atoms with Crippen LogP contribution in [0.2, 0.25) is 0 Å². The van der Waals surface area contributed by atoms with Crippen LogP contribution in [0.1, 0.15) is 42.5 Å². The maximum atomic E-state index is 3.75. The van der Waals surface area contributed by atoms with E-state index in [0.717, 1.165) is 11.7 Å². The fraction of sp³-hybridized carbons (Fsp3) is 0.619. The minimum atomic E-state index is 0.701. The quantitative estimate of drug-likeness (QED) is 0.756. The lowest BCUT2D eigenvalue weighted by molar-refractivity contribution is 0.0925. The zero-order chi connectivity index (χ0) is 17.4. The Bertz CT molecular complexity index is 739. The smallest absolute Gasteiger partial charge is 0.0462 e. The van der Waals surface area contributed by atoms with Gasteiger partial charge in [-0.3, -0.25) is 4.90 Å². The average molecular weight is 375 g/mol. The SMILES string of the molecule is CCCN1C[C@H](CSC)C[C@@H]2c3cccc4[nH]c(CSC)c(c34)C[C@H]21. The molecule has 2 aliphatic rings. The molecule has 25 heavy (non-hydrogen) atoms. The summed E-state index contributed by atoms with van der Waals surface area (Å²) in [6, 6.07) is 7.67. The molecule has 2 nitrogen and oxygen atoms in total. The van der Waals surface area contributed by atoms with Crippen molar-refractivity contribution in [3.05, 3.63) is 35.0 Å². The first-order chi connectivity index (χ1) is 12.3. The molecule has 1 fully saturated rings. The zero-order valence-corrected chi connectivity index (χ0v) is 17.3. The van der Waals surface area contributed by atoms with Gasteiger partial charge >= 0.3 is 0 Å². The molecule has 1 aliphatic carbocycles. The Morgan fingerprint density at radius 1 is 1.24 bits per heavy atom. The van der Waals surface area contributed by atoms with E-state index in [4.69, 9.17) is 0 Å². The number of hydrogen-bond acceptors (Lipinski definition) is 3. The van der Waals surface area contributed by atoms with E-state index in [1.807, 2.05) is 23.5 Å². The number of nitrogens with zero attached hydrogens (tertiary/aromatic N) is 1. The maximum Gasteiger partial charge on any atom is 0.0462 e. The van der Waals surface area contributed by atoms with Gasteiger partial charge in [0, 0.05) is 40.9 Å². The van der Waals surface area contributed by atoms with E-state index >= 15 is 0 Å². The molecular formula is C21H30N2S2. The van der Waals surface area contributed by atoms with Crippen LogP contribution >= 0.6 is 23.5 Å². The lowest BCUT2D eigenvalue weighted by atomic mass is 9.72. The van der Waals surface area contributed by atoms with Crippen LogP contribution in [0.25, 0.3) is 10.9 Å². The van der Waals surface area contributed by atoms with Crippen molar-refractivity contribution in [2.45, 2.75) is 43.9 Å². The third kappa shape index (κ3) is 3.15. The highest BCUT2D eigenvalue weighted by Crippen LogP contribution is 2.46. The molecule has 1 N–H and O–H groups in total. The summed E-state index contributed by atoms with van der Waals surface area (Å²) in [5.41, 5.74) is 6.07. The van der Waals surface area contributed by atoms with Gasteiger partial charge in [0.05, 0.1) is 0 Å². The van der Waals surface area contributed by atoms with Crippen LogP contribution in [-0.4, -0.2) is 47.3 Å². The molecule has 0 radical (unpaired) electrons. The predicted molar refractivity (Wildman–Crippen MR) is 114 cm³/mol. The number of fused-ring (bicyclic) bond motifs is 2. The van der Waals surface area contributed by atoms with Crippen molar-refractivity contribution in [2.75, 3.05) is 31.4 Å². The topological polar surface area (TPSA) is 19.0 Å². The molecule has 136 valence electrons. The molecule has 1 saturated heterocycles. The van der Waals surface area contributed by atoms with Gasteiger partial charge < -0.3 is 4.98 Å². The van der Waals surface area contributed by atoms with Crippen LogP contribution in [-0.2, 0) is 12.2 Å². The number of aromatic nitrogens is 1. The van der Waals surface area contributed by atoms with Crippen LogP contribution < -0.4 is 0 Å². The fourth-order valence-electron chi connectivity index (χ4n) is 5.23. The Balaban J connectivity index is 1.78. The first-order valence-corrected chi connectivity index (χ1v) is 12.4. The molecular weight excluding hydrogens is 344 g/mol. The Kier molecular flexibility index (Phi) is 5.40. The summed E-state index contributed by atoms with van der Waals surface area (Å²) >= 11 is 3.95. The zero-order valence-electron chi connectivity index (χ0n) is 15.7. The van der Waals surface area contributed by atoms with Crippen molar-refractivity contribution >= 4 is 34.4 Å². The van der Waals surface area contributed by atoms with Gasteiger partial charge in [0.25, 0.3) is 0 Å². The van der Waals surface area contributed by atoms with Crippen molar-refractivity contribution in [3.8, 4) is 0 Å². The molecule has 0 unspecified atom stereocenters. The van der Waals surface area contributed by atoms with E-state index in [9.17, 15) is 0 Å². The summed E-state index contributed by atoms with van der Waals surface area (Å²) in [5.74, 6) is 3.96. The summed E-state index contributed by atoms with van der Waals surface area (Å²) in [6.45, 7) is 4.88. The number of piperidine rings is 1. The molecule has 1 aromatic heterocycles. The second kappa shape index (κ2) is 7.58. The number of benzene rings is 1. The van der Waals surface area contributed by atoms with Gasteiger partial charge in [0.1, 0.15) is 0 Å². The van der Waals surface area contributed by atoms with Crippen LogP contribution in [0, 0.1) is 5.92 Å². The molecule has 2 heterocycles. The summed E-state index contributed by atoms with van der Waals surface area (Å²) in [7, 11) is 0. The van der Waals surface area contributed by atoms with Gasteiger partial charge in [-0.05, 0) is 67.2 Å². The second-order valence-corrected chi connectivity index (χ2v) is 9.49. The van der Waals surface area contributed by atoms with E-state index in [-0.39, 0.29) is 0 Å². The van der Waals surface area contributed by atoms with E-state index in [1.165, 1.54) is 49.3 Å². The molecule has 4 rings (SSSR count). The van der Waals surface area contributed by atoms with Crippen LogP contribution in [0.15, 0.2) is 18.2 Å². The number of nitrogens with one attached hydrogen (secondary N) is 1. The molecule has 1 aromatic carbocycles. The van der Waals surface area contributed by atoms with Crippen molar-refractivity contribution in [1.29, 1.82) is 0 Å². The fourth-order valence-corrected chi connectivity index (χ4v) is 6.48. The van der Waals surface area contributed by atoms with Gasteiger partial charge in [-0.2, -0.15) is 23.5 Å². The summed E-state index contributed by atoms with van der Waals surface area (Å²) < 4.78 is 0. The first-order valence-electron chi connectivity index (χ1n) is 9.61. The molecule has 0 amide bonds. The van der Waals surface area contributed by atoms with Crippen LogP contribution in [0.4, 0.5) is 0 Å². The van der Waals surface area contributed by atoms with Gasteiger partial charge in [-0.1, -0.05) is 19.1 Å². The van der Waals surface area contributed by atoms with Crippen molar-refractivity contribution < 1.29 is 0 Å².